The van der Waals surface area contributed by atoms with Crippen LogP contribution in [0.4, 0.5) is 0 Å². The van der Waals surface area contributed by atoms with Crippen molar-refractivity contribution in [3.63, 3.8) is 0 Å². The Kier molecular flexibility index (Phi) is 4.05. The molecule has 0 unspecified atom stereocenters. The van der Waals surface area contributed by atoms with Crippen LogP contribution in [0.2, 0.25) is 0 Å². The molecule has 0 aliphatic carbocycles. The van der Waals surface area contributed by atoms with Crippen LogP contribution in [-0.2, 0) is 9.63 Å². The fourth-order valence-corrected chi connectivity index (χ4v) is 0.319. The highest BCUT2D eigenvalue weighted by molar-refractivity contribution is 5.71. The molecule has 0 bridgehead atoms. The van der Waals surface area contributed by atoms with Gasteiger partial charge in [-0.05, 0) is 6.42 Å². The van der Waals surface area contributed by atoms with E-state index in [0.717, 1.165) is 6.42 Å². The average Bonchev–Trinajstić information content (AvgIpc) is 1.82. The predicted octanol–water partition coefficient (Wildman–Crippen LogP) is 0.806. The molecule has 0 saturated carbocycles. The van der Waals surface area contributed by atoms with Crippen molar-refractivity contribution in [1.29, 1.82) is 0 Å². The first kappa shape index (κ1) is 8.43. The molecule has 0 aromatic carbocycles. The predicted molar refractivity (Wildman–Crippen MR) is 34.7 cm³/mol. The van der Waals surface area contributed by atoms with Crippen LogP contribution < -0.4 is 0 Å². The van der Waals surface area contributed by atoms with Crippen molar-refractivity contribution in [1.82, 2.24) is 5.06 Å². The number of hydrogen-bond acceptors (Lipinski definition) is 2. The van der Waals surface area contributed by atoms with Crippen molar-refractivity contribution < 1.29 is 9.63 Å². The Morgan fingerprint density at radius 2 is 2.22 bits per heavy atom. The van der Waals surface area contributed by atoms with Gasteiger partial charge in [0.25, 0.3) is 0 Å². The fraction of sp³-hybridized carbons (Fsp3) is 0.833. The summed E-state index contributed by atoms with van der Waals surface area (Å²) in [5.41, 5.74) is 0. The SMILES string of the molecule is CCCON(C)C(C)=O. The van der Waals surface area contributed by atoms with Gasteiger partial charge in [0.1, 0.15) is 0 Å². The van der Waals surface area contributed by atoms with Gasteiger partial charge in [0.15, 0.2) is 0 Å². The number of hydroxylamine groups is 2. The Balaban J connectivity index is 3.27. The van der Waals surface area contributed by atoms with Crippen molar-refractivity contribution in [2.75, 3.05) is 13.7 Å². The lowest BCUT2D eigenvalue weighted by atomic mass is 10.5. The number of rotatable bonds is 3. The minimum absolute atomic E-state index is 0.0662. The molecule has 0 spiro atoms. The van der Waals surface area contributed by atoms with E-state index in [0.29, 0.717) is 6.61 Å². The van der Waals surface area contributed by atoms with Crippen LogP contribution in [0.25, 0.3) is 0 Å². The van der Waals surface area contributed by atoms with Crippen LogP contribution in [0.5, 0.6) is 0 Å². The monoisotopic (exact) mass is 131 g/mol. The lowest BCUT2D eigenvalue weighted by Gasteiger charge is -2.12. The quantitative estimate of drug-likeness (QED) is 0.530. The Labute approximate surface area is 55.6 Å². The molecule has 0 aromatic rings. The smallest absolute Gasteiger partial charge is 0.242 e. The van der Waals surface area contributed by atoms with Crippen molar-refractivity contribution >= 4 is 5.91 Å². The third kappa shape index (κ3) is 3.97. The minimum Gasteiger partial charge on any atom is -0.273 e. The summed E-state index contributed by atoms with van der Waals surface area (Å²) in [6, 6.07) is 0. The molecule has 0 aromatic heterocycles. The zero-order valence-electron chi connectivity index (χ0n) is 6.18. The molecule has 0 N–H and O–H groups in total. The maximum atomic E-state index is 10.5. The molecular formula is C6H13NO2. The fourth-order valence-electron chi connectivity index (χ4n) is 0.319. The number of hydrogen-bond donors (Lipinski definition) is 0. The lowest BCUT2D eigenvalue weighted by Crippen LogP contribution is -2.24. The van der Waals surface area contributed by atoms with E-state index in [1.165, 1.54) is 12.0 Å². The Hall–Kier alpha value is -0.570. The number of carbonyl (C=O) groups excluding carboxylic acids is 1. The Morgan fingerprint density at radius 3 is 2.56 bits per heavy atom. The summed E-state index contributed by atoms with van der Waals surface area (Å²) in [6.07, 6.45) is 0.928. The average molecular weight is 131 g/mol. The van der Waals surface area contributed by atoms with Gasteiger partial charge in [-0.15, -0.1) is 0 Å². The minimum atomic E-state index is -0.0662. The molecular weight excluding hydrogens is 118 g/mol. The largest absolute Gasteiger partial charge is 0.273 e. The second-order valence-electron chi connectivity index (χ2n) is 1.85. The molecule has 1 amide bonds. The maximum Gasteiger partial charge on any atom is 0.242 e. The third-order valence-corrected chi connectivity index (χ3v) is 0.933. The third-order valence-electron chi connectivity index (χ3n) is 0.933. The van der Waals surface area contributed by atoms with Gasteiger partial charge in [-0.2, -0.15) is 0 Å². The normalized spacial score (nSPS) is 9.22. The molecule has 0 heterocycles. The van der Waals surface area contributed by atoms with E-state index in [1.807, 2.05) is 6.92 Å². The molecule has 3 heteroatoms. The molecule has 9 heavy (non-hydrogen) atoms. The zero-order valence-corrected chi connectivity index (χ0v) is 6.18. The van der Waals surface area contributed by atoms with E-state index in [1.54, 1.807) is 7.05 Å². The molecule has 0 radical (unpaired) electrons. The van der Waals surface area contributed by atoms with Crippen LogP contribution in [0.15, 0.2) is 0 Å². The van der Waals surface area contributed by atoms with Gasteiger partial charge >= 0.3 is 0 Å². The molecule has 0 aliphatic rings. The van der Waals surface area contributed by atoms with Crippen LogP contribution >= 0.6 is 0 Å². The summed E-state index contributed by atoms with van der Waals surface area (Å²) in [5.74, 6) is -0.0662. The molecule has 0 fully saturated rings. The van der Waals surface area contributed by atoms with Crippen molar-refractivity contribution in [3.8, 4) is 0 Å². The Bertz CT molecular complexity index is 93.1. The molecule has 0 aliphatic heterocycles. The van der Waals surface area contributed by atoms with Gasteiger partial charge in [-0.1, -0.05) is 6.92 Å². The highest BCUT2D eigenvalue weighted by Crippen LogP contribution is 1.86. The van der Waals surface area contributed by atoms with E-state index < -0.39 is 0 Å². The van der Waals surface area contributed by atoms with Crippen molar-refractivity contribution in [2.24, 2.45) is 0 Å². The topological polar surface area (TPSA) is 29.5 Å². The van der Waals surface area contributed by atoms with Crippen LogP contribution in [0, 0.1) is 0 Å². The van der Waals surface area contributed by atoms with Crippen LogP contribution in [0.1, 0.15) is 20.3 Å². The van der Waals surface area contributed by atoms with Gasteiger partial charge < -0.3 is 0 Å². The van der Waals surface area contributed by atoms with E-state index in [4.69, 9.17) is 4.84 Å². The number of amides is 1. The second kappa shape index (κ2) is 4.32. The maximum absolute atomic E-state index is 10.5. The summed E-state index contributed by atoms with van der Waals surface area (Å²) in [4.78, 5) is 15.4. The molecule has 0 saturated heterocycles. The van der Waals surface area contributed by atoms with Gasteiger partial charge in [-0.3, -0.25) is 9.63 Å². The summed E-state index contributed by atoms with van der Waals surface area (Å²) in [7, 11) is 1.61. The standard InChI is InChI=1S/C6H13NO2/c1-4-5-9-7(3)6(2)8/h4-5H2,1-3H3. The highest BCUT2D eigenvalue weighted by atomic mass is 16.7. The summed E-state index contributed by atoms with van der Waals surface area (Å²) in [5, 5.41) is 1.24. The van der Waals surface area contributed by atoms with E-state index >= 15 is 0 Å². The molecule has 3 nitrogen and oxygen atoms in total. The number of nitrogens with zero attached hydrogens (tertiary/aromatic N) is 1. The van der Waals surface area contributed by atoms with Gasteiger partial charge in [0.2, 0.25) is 5.91 Å². The molecule has 54 valence electrons. The Morgan fingerprint density at radius 1 is 1.67 bits per heavy atom. The highest BCUT2D eigenvalue weighted by Gasteiger charge is 1.98. The summed E-state index contributed by atoms with van der Waals surface area (Å²) in [6.45, 7) is 4.07. The zero-order chi connectivity index (χ0) is 7.28. The molecule has 0 atom stereocenters. The first-order chi connectivity index (χ1) is 4.18. The van der Waals surface area contributed by atoms with Gasteiger partial charge in [0.05, 0.1) is 6.61 Å². The van der Waals surface area contributed by atoms with Gasteiger partial charge in [-0.25, -0.2) is 5.06 Å². The van der Waals surface area contributed by atoms with Crippen molar-refractivity contribution in [2.45, 2.75) is 20.3 Å². The number of carbonyl (C=O) groups is 1. The van der Waals surface area contributed by atoms with E-state index in [9.17, 15) is 4.79 Å². The molecule has 0 rings (SSSR count). The first-order valence-electron chi connectivity index (χ1n) is 3.05. The van der Waals surface area contributed by atoms with Crippen molar-refractivity contribution in [3.05, 3.63) is 0 Å². The lowest BCUT2D eigenvalue weighted by molar-refractivity contribution is -0.175. The second-order valence-corrected chi connectivity index (χ2v) is 1.85. The van der Waals surface area contributed by atoms with Gasteiger partial charge in [0, 0.05) is 14.0 Å². The summed E-state index contributed by atoms with van der Waals surface area (Å²) >= 11 is 0. The van der Waals surface area contributed by atoms with E-state index in [-0.39, 0.29) is 5.91 Å². The van der Waals surface area contributed by atoms with Crippen LogP contribution in [0.3, 0.4) is 0 Å². The first-order valence-corrected chi connectivity index (χ1v) is 3.05. The van der Waals surface area contributed by atoms with E-state index in [2.05, 4.69) is 0 Å². The summed E-state index contributed by atoms with van der Waals surface area (Å²) < 4.78 is 0. The van der Waals surface area contributed by atoms with Crippen LogP contribution in [-0.4, -0.2) is 24.6 Å².